The van der Waals surface area contributed by atoms with Crippen LogP contribution in [0.3, 0.4) is 0 Å². The number of aliphatic hydroxyl groups excluding tert-OH is 1. The summed E-state index contributed by atoms with van der Waals surface area (Å²) in [4.78, 5) is 0. The molecule has 0 bridgehead atoms. The average molecular weight is 265 g/mol. The highest BCUT2D eigenvalue weighted by atomic mass is 16.5. The van der Waals surface area contributed by atoms with Crippen LogP contribution < -0.4 is 10.1 Å². The molecule has 0 aliphatic carbocycles. The Labute approximate surface area is 117 Å². The predicted molar refractivity (Wildman–Crippen MR) is 79.4 cm³/mol. The number of hydrogen-bond donors (Lipinski definition) is 2. The highest BCUT2D eigenvalue weighted by Gasteiger charge is 2.20. The van der Waals surface area contributed by atoms with Gasteiger partial charge in [-0.1, -0.05) is 25.5 Å². The van der Waals surface area contributed by atoms with E-state index in [-0.39, 0.29) is 18.2 Å². The fourth-order valence-corrected chi connectivity index (χ4v) is 2.05. The minimum atomic E-state index is -0.193. The first kappa shape index (κ1) is 16.0. The van der Waals surface area contributed by atoms with Gasteiger partial charge in [0.15, 0.2) is 0 Å². The lowest BCUT2D eigenvalue weighted by molar-refractivity contribution is 0.163. The second-order valence-electron chi connectivity index (χ2n) is 5.63. The number of benzene rings is 1. The summed E-state index contributed by atoms with van der Waals surface area (Å²) in [6.07, 6.45) is 2.23. The summed E-state index contributed by atoms with van der Waals surface area (Å²) in [7, 11) is 0. The molecule has 0 spiro atoms. The summed E-state index contributed by atoms with van der Waals surface area (Å²) in [5.41, 5.74) is 1.01. The van der Waals surface area contributed by atoms with Gasteiger partial charge in [-0.2, -0.15) is 0 Å². The van der Waals surface area contributed by atoms with Crippen LogP contribution in [0.15, 0.2) is 24.3 Å². The molecule has 0 amide bonds. The standard InChI is InChI=1S/C16H27NO2/c1-5-10-16(4,12-18)17-11-14-6-8-15(9-7-14)19-13(2)3/h6-9,13,17-18H,5,10-12H2,1-4H3. The first-order chi connectivity index (χ1) is 8.99. The summed E-state index contributed by atoms with van der Waals surface area (Å²) < 4.78 is 5.61. The smallest absolute Gasteiger partial charge is 0.119 e. The van der Waals surface area contributed by atoms with Crippen LogP contribution in [0.2, 0.25) is 0 Å². The quantitative estimate of drug-likeness (QED) is 0.759. The van der Waals surface area contributed by atoms with Crippen molar-refractivity contribution < 1.29 is 9.84 Å². The Kier molecular flexibility index (Phi) is 6.32. The van der Waals surface area contributed by atoms with Gasteiger partial charge in [0.05, 0.1) is 12.7 Å². The van der Waals surface area contributed by atoms with Gasteiger partial charge in [-0.05, 0) is 44.9 Å². The van der Waals surface area contributed by atoms with Crippen LogP contribution in [0.25, 0.3) is 0 Å². The predicted octanol–water partition coefficient (Wildman–Crippen LogP) is 3.11. The molecule has 3 nitrogen and oxygen atoms in total. The molecule has 0 aromatic heterocycles. The third kappa shape index (κ3) is 5.62. The van der Waals surface area contributed by atoms with E-state index in [0.717, 1.165) is 25.1 Å². The third-order valence-electron chi connectivity index (χ3n) is 3.17. The van der Waals surface area contributed by atoms with Crippen LogP contribution in [-0.2, 0) is 6.54 Å². The van der Waals surface area contributed by atoms with Crippen molar-refractivity contribution in [1.82, 2.24) is 5.32 Å². The molecule has 0 fully saturated rings. The fraction of sp³-hybridized carbons (Fsp3) is 0.625. The molecule has 0 saturated carbocycles. The zero-order valence-electron chi connectivity index (χ0n) is 12.6. The van der Waals surface area contributed by atoms with Crippen molar-refractivity contribution in [2.45, 2.75) is 58.7 Å². The van der Waals surface area contributed by atoms with E-state index in [0.29, 0.717) is 0 Å². The van der Waals surface area contributed by atoms with Gasteiger partial charge < -0.3 is 15.2 Å². The van der Waals surface area contributed by atoms with Crippen LogP contribution in [0.5, 0.6) is 5.75 Å². The van der Waals surface area contributed by atoms with Crippen LogP contribution in [0, 0.1) is 0 Å². The molecular weight excluding hydrogens is 238 g/mol. The highest BCUT2D eigenvalue weighted by molar-refractivity contribution is 5.27. The zero-order chi connectivity index (χ0) is 14.3. The molecule has 108 valence electrons. The molecule has 0 radical (unpaired) electrons. The van der Waals surface area contributed by atoms with Crippen molar-refractivity contribution in [1.29, 1.82) is 0 Å². The molecule has 0 saturated heterocycles. The lowest BCUT2D eigenvalue weighted by Crippen LogP contribution is -2.45. The molecule has 1 aromatic carbocycles. The molecule has 0 heterocycles. The largest absolute Gasteiger partial charge is 0.491 e. The van der Waals surface area contributed by atoms with Crippen LogP contribution in [0.4, 0.5) is 0 Å². The molecule has 0 aliphatic heterocycles. The Balaban J connectivity index is 2.53. The molecule has 1 unspecified atom stereocenters. The van der Waals surface area contributed by atoms with Crippen molar-refractivity contribution in [3.63, 3.8) is 0 Å². The maximum absolute atomic E-state index is 9.46. The minimum Gasteiger partial charge on any atom is -0.491 e. The number of ether oxygens (including phenoxy) is 1. The number of rotatable bonds is 8. The summed E-state index contributed by atoms with van der Waals surface area (Å²) in [5, 5.41) is 12.9. The van der Waals surface area contributed by atoms with E-state index in [1.165, 1.54) is 5.56 Å². The second-order valence-corrected chi connectivity index (χ2v) is 5.63. The summed E-state index contributed by atoms with van der Waals surface area (Å²) >= 11 is 0. The normalized spacial score (nSPS) is 14.4. The summed E-state index contributed by atoms with van der Waals surface area (Å²) in [6.45, 7) is 9.16. The van der Waals surface area contributed by atoms with Gasteiger partial charge in [0, 0.05) is 12.1 Å². The van der Waals surface area contributed by atoms with E-state index in [1.807, 2.05) is 26.0 Å². The zero-order valence-corrected chi connectivity index (χ0v) is 12.6. The Morgan fingerprint density at radius 1 is 1.26 bits per heavy atom. The maximum Gasteiger partial charge on any atom is 0.119 e. The average Bonchev–Trinajstić information content (AvgIpc) is 2.38. The van der Waals surface area contributed by atoms with Crippen molar-refractivity contribution in [2.24, 2.45) is 0 Å². The monoisotopic (exact) mass is 265 g/mol. The molecule has 1 rings (SSSR count). The molecular formula is C16H27NO2. The van der Waals surface area contributed by atoms with E-state index in [2.05, 4.69) is 31.3 Å². The lowest BCUT2D eigenvalue weighted by Gasteiger charge is -2.28. The van der Waals surface area contributed by atoms with Gasteiger partial charge >= 0.3 is 0 Å². The van der Waals surface area contributed by atoms with Gasteiger partial charge in [0.1, 0.15) is 5.75 Å². The number of aliphatic hydroxyl groups is 1. The number of hydrogen-bond acceptors (Lipinski definition) is 3. The van der Waals surface area contributed by atoms with E-state index >= 15 is 0 Å². The van der Waals surface area contributed by atoms with Crippen molar-refractivity contribution >= 4 is 0 Å². The topological polar surface area (TPSA) is 41.5 Å². The lowest BCUT2D eigenvalue weighted by atomic mass is 9.97. The molecule has 1 atom stereocenters. The van der Waals surface area contributed by atoms with Crippen molar-refractivity contribution in [2.75, 3.05) is 6.61 Å². The highest BCUT2D eigenvalue weighted by Crippen LogP contribution is 2.16. The molecule has 19 heavy (non-hydrogen) atoms. The molecule has 3 heteroatoms. The first-order valence-electron chi connectivity index (χ1n) is 7.10. The van der Waals surface area contributed by atoms with Crippen molar-refractivity contribution in [3.8, 4) is 5.75 Å². The van der Waals surface area contributed by atoms with E-state index in [4.69, 9.17) is 4.74 Å². The first-order valence-corrected chi connectivity index (χ1v) is 7.10. The number of nitrogens with one attached hydrogen (secondary N) is 1. The van der Waals surface area contributed by atoms with Gasteiger partial charge in [0.2, 0.25) is 0 Å². The minimum absolute atomic E-state index is 0.162. The SMILES string of the molecule is CCCC(C)(CO)NCc1ccc(OC(C)C)cc1. The summed E-state index contributed by atoms with van der Waals surface area (Å²) in [5.74, 6) is 0.900. The van der Waals surface area contributed by atoms with Crippen molar-refractivity contribution in [3.05, 3.63) is 29.8 Å². The fourth-order valence-electron chi connectivity index (χ4n) is 2.05. The van der Waals surface area contributed by atoms with Gasteiger partial charge in [-0.3, -0.25) is 0 Å². The maximum atomic E-state index is 9.46. The third-order valence-corrected chi connectivity index (χ3v) is 3.17. The van der Waals surface area contributed by atoms with E-state index in [9.17, 15) is 5.11 Å². The molecule has 0 aliphatic rings. The van der Waals surface area contributed by atoms with Crippen LogP contribution >= 0.6 is 0 Å². The van der Waals surface area contributed by atoms with Gasteiger partial charge in [0.25, 0.3) is 0 Å². The van der Waals surface area contributed by atoms with Gasteiger partial charge in [-0.15, -0.1) is 0 Å². The van der Waals surface area contributed by atoms with E-state index < -0.39 is 0 Å². The van der Waals surface area contributed by atoms with Gasteiger partial charge in [-0.25, -0.2) is 0 Å². The summed E-state index contributed by atoms with van der Waals surface area (Å²) in [6, 6.07) is 8.11. The molecule has 2 N–H and O–H groups in total. The van der Waals surface area contributed by atoms with Crippen LogP contribution in [-0.4, -0.2) is 23.4 Å². The Morgan fingerprint density at radius 2 is 1.89 bits per heavy atom. The Hall–Kier alpha value is -1.06. The Bertz CT molecular complexity index is 362. The Morgan fingerprint density at radius 3 is 2.37 bits per heavy atom. The van der Waals surface area contributed by atoms with E-state index in [1.54, 1.807) is 0 Å². The molecule has 1 aromatic rings. The second kappa shape index (κ2) is 7.51. The van der Waals surface area contributed by atoms with Crippen LogP contribution in [0.1, 0.15) is 46.1 Å².